The molecule has 132 valence electrons. The molecule has 7 heteroatoms. The lowest BCUT2D eigenvalue weighted by Crippen LogP contribution is -2.44. The van der Waals surface area contributed by atoms with Crippen molar-refractivity contribution in [1.29, 1.82) is 0 Å². The number of hydrogen-bond acceptors (Lipinski definition) is 5. The van der Waals surface area contributed by atoms with Crippen molar-refractivity contribution < 1.29 is 14.7 Å². The molecule has 0 aromatic carbocycles. The molecule has 1 aromatic heterocycles. The topological polar surface area (TPSA) is 79.6 Å². The van der Waals surface area contributed by atoms with Crippen molar-refractivity contribution in [2.45, 2.75) is 58.4 Å². The molecule has 1 amide bonds. The minimum Gasteiger partial charge on any atom is -0.389 e. The van der Waals surface area contributed by atoms with Crippen molar-refractivity contribution in [2.75, 3.05) is 13.1 Å². The van der Waals surface area contributed by atoms with Crippen molar-refractivity contribution in [3.63, 3.8) is 0 Å². The lowest BCUT2D eigenvalue weighted by Gasteiger charge is -2.25. The number of aliphatic hydroxyl groups is 1. The van der Waals surface area contributed by atoms with Crippen molar-refractivity contribution in [3.8, 4) is 11.8 Å². The number of hydroxylamine groups is 2. The SMILES string of the molecule is Cc1nccn1CC#CCN1OC(C(O)CNC(C)(C)C)CC1=O. The highest BCUT2D eigenvalue weighted by Crippen LogP contribution is 2.18. The maximum atomic E-state index is 12.0. The normalized spacial score (nSPS) is 19.3. The summed E-state index contributed by atoms with van der Waals surface area (Å²) in [7, 11) is 0. The van der Waals surface area contributed by atoms with Gasteiger partial charge >= 0.3 is 0 Å². The molecule has 1 aliphatic heterocycles. The van der Waals surface area contributed by atoms with Gasteiger partial charge in [-0.05, 0) is 27.7 Å². The summed E-state index contributed by atoms with van der Waals surface area (Å²) in [6, 6.07) is 0. The van der Waals surface area contributed by atoms with Gasteiger partial charge < -0.3 is 15.0 Å². The zero-order valence-electron chi connectivity index (χ0n) is 14.7. The van der Waals surface area contributed by atoms with Crippen LogP contribution >= 0.6 is 0 Å². The standard InChI is InChI=1S/C17H26N4O3/c1-13-18-7-10-20(13)8-5-6-9-21-16(23)11-15(24-21)14(22)12-19-17(2,3)4/h7,10,14-15,19,22H,8-9,11-12H2,1-4H3. The summed E-state index contributed by atoms with van der Waals surface area (Å²) in [6.45, 7) is 9.06. The molecule has 7 nitrogen and oxygen atoms in total. The maximum Gasteiger partial charge on any atom is 0.249 e. The van der Waals surface area contributed by atoms with Crippen LogP contribution in [0.2, 0.25) is 0 Å². The molecule has 0 spiro atoms. The van der Waals surface area contributed by atoms with E-state index in [-0.39, 0.29) is 24.4 Å². The smallest absolute Gasteiger partial charge is 0.249 e. The quantitative estimate of drug-likeness (QED) is 0.766. The van der Waals surface area contributed by atoms with Crippen molar-refractivity contribution >= 4 is 5.91 Å². The van der Waals surface area contributed by atoms with Gasteiger partial charge in [0.1, 0.15) is 18.5 Å². The highest BCUT2D eigenvalue weighted by Gasteiger charge is 2.35. The molecule has 2 N–H and O–H groups in total. The Morgan fingerprint density at radius 3 is 2.79 bits per heavy atom. The van der Waals surface area contributed by atoms with Crippen LogP contribution in [-0.4, -0.2) is 56.5 Å². The summed E-state index contributed by atoms with van der Waals surface area (Å²) in [4.78, 5) is 21.6. The highest BCUT2D eigenvalue weighted by molar-refractivity contribution is 5.77. The molecule has 0 bridgehead atoms. The zero-order chi connectivity index (χ0) is 17.7. The van der Waals surface area contributed by atoms with Gasteiger partial charge in [0.25, 0.3) is 0 Å². The Morgan fingerprint density at radius 1 is 1.46 bits per heavy atom. The predicted molar refractivity (Wildman–Crippen MR) is 89.7 cm³/mol. The first kappa shape index (κ1) is 18.5. The number of β-amino-alcohol motifs (C(OH)–C–C–N with tert-alkyl or cyclic N) is 1. The van der Waals surface area contributed by atoms with Gasteiger partial charge in [0.2, 0.25) is 5.91 Å². The van der Waals surface area contributed by atoms with Crippen LogP contribution in [0.4, 0.5) is 0 Å². The first-order valence-electron chi connectivity index (χ1n) is 8.10. The fourth-order valence-corrected chi connectivity index (χ4v) is 2.25. The molecule has 2 heterocycles. The molecule has 2 atom stereocenters. The minimum absolute atomic E-state index is 0.0970. The Hall–Kier alpha value is -1.88. The van der Waals surface area contributed by atoms with E-state index < -0.39 is 12.2 Å². The number of aryl methyl sites for hydroxylation is 1. The van der Waals surface area contributed by atoms with Crippen LogP contribution in [0.3, 0.4) is 0 Å². The van der Waals surface area contributed by atoms with Crippen LogP contribution in [0.15, 0.2) is 12.4 Å². The van der Waals surface area contributed by atoms with E-state index in [0.717, 1.165) is 5.82 Å². The van der Waals surface area contributed by atoms with Gasteiger partial charge in [0.05, 0.1) is 19.1 Å². The lowest BCUT2D eigenvalue weighted by atomic mass is 10.1. The van der Waals surface area contributed by atoms with Crippen LogP contribution in [0, 0.1) is 18.8 Å². The Morgan fingerprint density at radius 2 is 2.17 bits per heavy atom. The van der Waals surface area contributed by atoms with E-state index in [0.29, 0.717) is 13.1 Å². The van der Waals surface area contributed by atoms with E-state index in [1.807, 2.05) is 38.5 Å². The number of carbonyl (C=O) groups is 1. The third-order valence-electron chi connectivity index (χ3n) is 3.71. The summed E-state index contributed by atoms with van der Waals surface area (Å²) in [5.41, 5.74) is -0.0970. The lowest BCUT2D eigenvalue weighted by molar-refractivity contribution is -0.180. The van der Waals surface area contributed by atoms with Gasteiger partial charge in [-0.25, -0.2) is 10.0 Å². The third kappa shape index (κ3) is 5.34. The molecule has 24 heavy (non-hydrogen) atoms. The van der Waals surface area contributed by atoms with E-state index in [4.69, 9.17) is 4.84 Å². The van der Waals surface area contributed by atoms with Gasteiger partial charge in [-0.1, -0.05) is 11.8 Å². The number of nitrogens with one attached hydrogen (secondary N) is 1. The number of nitrogens with zero attached hydrogens (tertiary/aromatic N) is 3. The molecule has 0 radical (unpaired) electrons. The number of hydrogen-bond donors (Lipinski definition) is 2. The molecule has 1 aliphatic rings. The Balaban J connectivity index is 1.79. The number of rotatable bonds is 5. The first-order valence-corrected chi connectivity index (χ1v) is 8.10. The van der Waals surface area contributed by atoms with E-state index >= 15 is 0 Å². The van der Waals surface area contributed by atoms with Crippen LogP contribution in [0.5, 0.6) is 0 Å². The number of carbonyl (C=O) groups excluding carboxylic acids is 1. The molecule has 0 aliphatic carbocycles. The maximum absolute atomic E-state index is 12.0. The van der Waals surface area contributed by atoms with Gasteiger partial charge in [-0.15, -0.1) is 0 Å². The van der Waals surface area contributed by atoms with E-state index in [1.54, 1.807) is 6.20 Å². The number of aliphatic hydroxyl groups excluding tert-OH is 1. The van der Waals surface area contributed by atoms with Crippen molar-refractivity contribution in [2.24, 2.45) is 0 Å². The van der Waals surface area contributed by atoms with Crippen molar-refractivity contribution in [1.82, 2.24) is 19.9 Å². The predicted octanol–water partition coefficient (Wildman–Crippen LogP) is 0.476. The zero-order valence-corrected chi connectivity index (χ0v) is 14.7. The van der Waals surface area contributed by atoms with Gasteiger partial charge in [0, 0.05) is 24.5 Å². The summed E-state index contributed by atoms with van der Waals surface area (Å²) < 4.78 is 1.92. The fraction of sp³-hybridized carbons (Fsp3) is 0.647. The molecule has 0 saturated carbocycles. The Bertz CT molecular complexity index is 624. The van der Waals surface area contributed by atoms with Crippen molar-refractivity contribution in [3.05, 3.63) is 18.2 Å². The monoisotopic (exact) mass is 334 g/mol. The average molecular weight is 334 g/mol. The highest BCUT2D eigenvalue weighted by atomic mass is 16.7. The Kier molecular flexibility index (Phi) is 5.99. The van der Waals surface area contributed by atoms with E-state index in [9.17, 15) is 9.90 Å². The molecular formula is C17H26N4O3. The van der Waals surface area contributed by atoms with Gasteiger partial charge in [-0.3, -0.25) is 9.63 Å². The first-order chi connectivity index (χ1) is 11.3. The molecule has 2 unspecified atom stereocenters. The van der Waals surface area contributed by atoms with Crippen LogP contribution in [-0.2, 0) is 16.2 Å². The summed E-state index contributed by atoms with van der Waals surface area (Å²) >= 11 is 0. The molecule has 1 saturated heterocycles. The van der Waals surface area contributed by atoms with Crippen LogP contribution in [0.25, 0.3) is 0 Å². The average Bonchev–Trinajstić information content (AvgIpc) is 3.07. The summed E-state index contributed by atoms with van der Waals surface area (Å²) in [5.74, 6) is 6.66. The summed E-state index contributed by atoms with van der Waals surface area (Å²) in [5, 5.41) is 14.6. The Labute approximate surface area is 143 Å². The van der Waals surface area contributed by atoms with E-state index in [2.05, 4.69) is 22.1 Å². The number of imidazole rings is 1. The molecule has 1 fully saturated rings. The van der Waals surface area contributed by atoms with Gasteiger partial charge in [-0.2, -0.15) is 0 Å². The molecule has 2 rings (SSSR count). The second-order valence-electron chi connectivity index (χ2n) is 6.93. The fourth-order valence-electron chi connectivity index (χ4n) is 2.25. The van der Waals surface area contributed by atoms with Crippen LogP contribution in [0.1, 0.15) is 33.0 Å². The summed E-state index contributed by atoms with van der Waals surface area (Å²) in [6.07, 6.45) is 2.50. The second kappa shape index (κ2) is 7.79. The van der Waals surface area contributed by atoms with Crippen LogP contribution < -0.4 is 5.32 Å². The minimum atomic E-state index is -0.736. The third-order valence-corrected chi connectivity index (χ3v) is 3.71. The van der Waals surface area contributed by atoms with Gasteiger partial charge in [0.15, 0.2) is 0 Å². The molecular weight excluding hydrogens is 308 g/mol. The number of amides is 1. The van der Waals surface area contributed by atoms with E-state index in [1.165, 1.54) is 5.06 Å². The second-order valence-corrected chi connectivity index (χ2v) is 6.93. The molecule has 1 aromatic rings. The number of aromatic nitrogens is 2. The largest absolute Gasteiger partial charge is 0.389 e.